The molecule has 0 fully saturated rings. The van der Waals surface area contributed by atoms with Gasteiger partial charge in [0.2, 0.25) is 0 Å². The fraction of sp³-hybridized carbons (Fsp3) is 0.316. The van der Waals surface area contributed by atoms with Crippen molar-refractivity contribution in [3.63, 3.8) is 0 Å². The number of ether oxygens (including phenoxy) is 2. The van der Waals surface area contributed by atoms with Gasteiger partial charge in [-0.2, -0.15) is 5.26 Å². The normalized spacial score (nSPS) is 11.5. The first kappa shape index (κ1) is 20.0. The molecule has 1 atom stereocenters. The number of hydrogen-bond acceptors (Lipinski definition) is 6. The standard InChI is InChI=1S/C19H21N3O5/c1-21-13-5-4-12(10-20)14(8-13)15-9-18(23)22(11-17(15)27-3)16(19(24)25)6-7-26-2/h4-5,8-9,11,16,21H,6-7H2,1-3H3,(H,24,25). The van der Waals surface area contributed by atoms with Gasteiger partial charge < -0.3 is 19.9 Å². The van der Waals surface area contributed by atoms with Gasteiger partial charge in [-0.25, -0.2) is 4.79 Å². The molecule has 0 bridgehead atoms. The largest absolute Gasteiger partial charge is 0.495 e. The molecule has 0 saturated heterocycles. The highest BCUT2D eigenvalue weighted by Crippen LogP contribution is 2.33. The quantitative estimate of drug-likeness (QED) is 0.730. The molecule has 0 aliphatic heterocycles. The Morgan fingerprint density at radius 2 is 2.07 bits per heavy atom. The van der Waals surface area contributed by atoms with Crippen molar-refractivity contribution < 1.29 is 19.4 Å². The first-order valence-electron chi connectivity index (χ1n) is 8.21. The zero-order valence-corrected chi connectivity index (χ0v) is 15.4. The van der Waals surface area contributed by atoms with E-state index in [1.807, 2.05) is 0 Å². The molecule has 1 aromatic heterocycles. The number of aliphatic carboxylic acids is 1. The highest BCUT2D eigenvalue weighted by molar-refractivity contribution is 5.78. The second-order valence-electron chi connectivity index (χ2n) is 5.76. The van der Waals surface area contributed by atoms with Gasteiger partial charge in [0.1, 0.15) is 11.8 Å². The van der Waals surface area contributed by atoms with Crippen molar-refractivity contribution in [1.82, 2.24) is 4.57 Å². The van der Waals surface area contributed by atoms with E-state index in [0.29, 0.717) is 22.4 Å². The van der Waals surface area contributed by atoms with Crippen LogP contribution < -0.4 is 15.6 Å². The number of nitrogens with zero attached hydrogens (tertiary/aromatic N) is 2. The average molecular weight is 371 g/mol. The van der Waals surface area contributed by atoms with Crippen molar-refractivity contribution in [1.29, 1.82) is 5.26 Å². The van der Waals surface area contributed by atoms with Crippen molar-refractivity contribution in [2.45, 2.75) is 12.5 Å². The Hall–Kier alpha value is -3.31. The number of anilines is 1. The summed E-state index contributed by atoms with van der Waals surface area (Å²) in [7, 11) is 4.63. The minimum absolute atomic E-state index is 0.132. The number of nitriles is 1. The van der Waals surface area contributed by atoms with E-state index in [9.17, 15) is 20.0 Å². The molecule has 2 aromatic rings. The Kier molecular flexibility index (Phi) is 6.57. The summed E-state index contributed by atoms with van der Waals surface area (Å²) >= 11 is 0. The Bertz CT molecular complexity index is 930. The van der Waals surface area contributed by atoms with Gasteiger partial charge in [-0.05, 0) is 18.2 Å². The number of carbonyl (C=O) groups is 1. The highest BCUT2D eigenvalue weighted by atomic mass is 16.5. The van der Waals surface area contributed by atoms with E-state index in [2.05, 4.69) is 11.4 Å². The molecular weight excluding hydrogens is 350 g/mol. The fourth-order valence-corrected chi connectivity index (χ4v) is 2.78. The summed E-state index contributed by atoms with van der Waals surface area (Å²) in [5, 5.41) is 21.9. The number of rotatable bonds is 8. The van der Waals surface area contributed by atoms with Gasteiger partial charge in [0, 0.05) is 50.1 Å². The van der Waals surface area contributed by atoms with Gasteiger partial charge in [0.05, 0.1) is 24.9 Å². The molecule has 8 nitrogen and oxygen atoms in total. The van der Waals surface area contributed by atoms with Crippen LogP contribution in [-0.4, -0.2) is 43.5 Å². The van der Waals surface area contributed by atoms with E-state index in [4.69, 9.17) is 9.47 Å². The number of hydrogen-bond donors (Lipinski definition) is 2. The maximum Gasteiger partial charge on any atom is 0.326 e. The number of benzene rings is 1. The molecule has 8 heteroatoms. The number of nitrogens with one attached hydrogen (secondary N) is 1. The molecule has 0 spiro atoms. The van der Waals surface area contributed by atoms with Crippen LogP contribution in [0.2, 0.25) is 0 Å². The van der Waals surface area contributed by atoms with E-state index >= 15 is 0 Å². The third kappa shape index (κ3) is 4.27. The Balaban J connectivity index is 2.65. The summed E-state index contributed by atoms with van der Waals surface area (Å²) in [5.74, 6) is -0.845. The molecule has 0 radical (unpaired) electrons. The fourth-order valence-electron chi connectivity index (χ4n) is 2.78. The molecule has 1 aromatic carbocycles. The molecule has 0 aliphatic carbocycles. The lowest BCUT2D eigenvalue weighted by molar-refractivity contribution is -0.141. The molecule has 2 rings (SSSR count). The van der Waals surface area contributed by atoms with Crippen LogP contribution in [0.15, 0.2) is 35.3 Å². The van der Waals surface area contributed by atoms with Gasteiger partial charge in [-0.3, -0.25) is 9.36 Å². The van der Waals surface area contributed by atoms with E-state index in [-0.39, 0.29) is 13.0 Å². The Labute approximate surface area is 156 Å². The van der Waals surface area contributed by atoms with Crippen LogP contribution in [0.1, 0.15) is 18.0 Å². The van der Waals surface area contributed by atoms with Crippen LogP contribution in [0.25, 0.3) is 11.1 Å². The third-order valence-electron chi connectivity index (χ3n) is 4.20. The van der Waals surface area contributed by atoms with Crippen molar-refractivity contribution >= 4 is 11.7 Å². The van der Waals surface area contributed by atoms with E-state index in [1.54, 1.807) is 25.2 Å². The summed E-state index contributed by atoms with van der Waals surface area (Å²) in [6.07, 6.45) is 1.49. The molecule has 1 unspecified atom stereocenters. The average Bonchev–Trinajstić information content (AvgIpc) is 2.68. The first-order valence-corrected chi connectivity index (χ1v) is 8.21. The zero-order chi connectivity index (χ0) is 20.0. The van der Waals surface area contributed by atoms with Crippen LogP contribution in [0.3, 0.4) is 0 Å². The van der Waals surface area contributed by atoms with Crippen molar-refractivity contribution in [3.05, 3.63) is 46.4 Å². The molecule has 27 heavy (non-hydrogen) atoms. The van der Waals surface area contributed by atoms with Crippen LogP contribution >= 0.6 is 0 Å². The number of carboxylic acid groups (broad SMARTS) is 1. The summed E-state index contributed by atoms with van der Waals surface area (Å²) in [6, 6.07) is 7.43. The SMILES string of the molecule is CNc1ccc(C#N)c(-c2cc(=O)n(C(CCOC)C(=O)O)cc2OC)c1. The molecule has 0 amide bonds. The van der Waals surface area contributed by atoms with Crippen molar-refractivity contribution in [2.24, 2.45) is 0 Å². The lowest BCUT2D eigenvalue weighted by Crippen LogP contribution is -2.30. The third-order valence-corrected chi connectivity index (χ3v) is 4.20. The monoisotopic (exact) mass is 371 g/mol. The Morgan fingerprint density at radius 1 is 1.33 bits per heavy atom. The van der Waals surface area contributed by atoms with Gasteiger partial charge >= 0.3 is 5.97 Å². The number of pyridine rings is 1. The second kappa shape index (κ2) is 8.87. The minimum atomic E-state index is -1.14. The zero-order valence-electron chi connectivity index (χ0n) is 15.4. The lowest BCUT2D eigenvalue weighted by atomic mass is 9.99. The van der Waals surface area contributed by atoms with Gasteiger partial charge in [-0.1, -0.05) is 0 Å². The molecule has 0 saturated carbocycles. The topological polar surface area (TPSA) is 114 Å². The Morgan fingerprint density at radius 3 is 2.63 bits per heavy atom. The van der Waals surface area contributed by atoms with Crippen molar-refractivity contribution in [3.8, 4) is 22.9 Å². The summed E-state index contributed by atoms with van der Waals surface area (Å²) in [6.45, 7) is 0.191. The van der Waals surface area contributed by atoms with E-state index in [0.717, 1.165) is 10.3 Å². The van der Waals surface area contributed by atoms with Gasteiger partial charge in [0.25, 0.3) is 5.56 Å². The molecule has 142 valence electrons. The minimum Gasteiger partial charge on any atom is -0.495 e. The molecular formula is C19H21N3O5. The van der Waals surface area contributed by atoms with Crippen LogP contribution in [0.4, 0.5) is 5.69 Å². The maximum absolute atomic E-state index is 12.6. The first-order chi connectivity index (χ1) is 13.0. The van der Waals surface area contributed by atoms with Crippen LogP contribution in [0.5, 0.6) is 5.75 Å². The van der Waals surface area contributed by atoms with E-state index in [1.165, 1.54) is 26.5 Å². The predicted molar refractivity (Wildman–Crippen MR) is 100 cm³/mol. The van der Waals surface area contributed by atoms with Gasteiger partial charge in [-0.15, -0.1) is 0 Å². The second-order valence-corrected chi connectivity index (χ2v) is 5.76. The van der Waals surface area contributed by atoms with Crippen LogP contribution in [-0.2, 0) is 9.53 Å². The number of aromatic nitrogens is 1. The number of carboxylic acids is 1. The summed E-state index contributed by atoms with van der Waals surface area (Å²) < 4.78 is 11.4. The van der Waals surface area contributed by atoms with E-state index < -0.39 is 17.6 Å². The predicted octanol–water partition coefficient (Wildman–Crippen LogP) is 2.10. The summed E-state index contributed by atoms with van der Waals surface area (Å²) in [4.78, 5) is 24.2. The molecule has 1 heterocycles. The molecule has 0 aliphatic rings. The van der Waals surface area contributed by atoms with Gasteiger partial charge in [0.15, 0.2) is 0 Å². The lowest BCUT2D eigenvalue weighted by Gasteiger charge is -2.18. The highest BCUT2D eigenvalue weighted by Gasteiger charge is 2.23. The maximum atomic E-state index is 12.6. The molecule has 2 N–H and O–H groups in total. The van der Waals surface area contributed by atoms with Crippen molar-refractivity contribution in [2.75, 3.05) is 33.2 Å². The number of methoxy groups -OCH3 is 2. The summed E-state index contributed by atoms with van der Waals surface area (Å²) in [5.41, 5.74) is 1.57. The smallest absolute Gasteiger partial charge is 0.326 e. The van der Waals surface area contributed by atoms with Crippen LogP contribution in [0, 0.1) is 11.3 Å².